The Morgan fingerprint density at radius 1 is 0.963 bits per heavy atom. The zero-order valence-electron chi connectivity index (χ0n) is 13.8. The van der Waals surface area contributed by atoms with Crippen molar-refractivity contribution in [3.05, 3.63) is 67.0 Å². The average Bonchev–Trinajstić information content (AvgIpc) is 3.05. The van der Waals surface area contributed by atoms with Crippen molar-refractivity contribution in [2.45, 2.75) is 0 Å². The highest BCUT2D eigenvalue weighted by atomic mass is 16.7. The number of nitrogens with zero attached hydrogens (tertiary/aromatic N) is 2. The predicted octanol–water partition coefficient (Wildman–Crippen LogP) is 4.82. The van der Waals surface area contributed by atoms with Crippen molar-refractivity contribution < 1.29 is 23.8 Å². The molecular weight excluding hydrogens is 350 g/mol. The standard InChI is InChI=1S/C19H13N3O5/c23-19(24)26-15-5-6-16-17(11-15)27-18(22-16)21-12-1-3-13(4-2-12)25-14-7-9-20-10-8-14/h1-11H,(H,21,22)(H,23,24). The van der Waals surface area contributed by atoms with Crippen LogP contribution in [0.1, 0.15) is 0 Å². The van der Waals surface area contributed by atoms with E-state index in [0.29, 0.717) is 22.6 Å². The number of carboxylic acid groups (broad SMARTS) is 1. The van der Waals surface area contributed by atoms with Gasteiger partial charge in [-0.2, -0.15) is 4.98 Å². The van der Waals surface area contributed by atoms with Gasteiger partial charge in [0.25, 0.3) is 6.01 Å². The molecule has 2 heterocycles. The van der Waals surface area contributed by atoms with Crippen molar-refractivity contribution in [1.29, 1.82) is 0 Å². The van der Waals surface area contributed by atoms with E-state index in [4.69, 9.17) is 14.3 Å². The summed E-state index contributed by atoms with van der Waals surface area (Å²) >= 11 is 0. The molecule has 2 aromatic carbocycles. The Balaban J connectivity index is 1.47. The molecule has 0 aliphatic heterocycles. The second kappa shape index (κ2) is 7.04. The van der Waals surface area contributed by atoms with Gasteiger partial charge in [-0.15, -0.1) is 0 Å². The van der Waals surface area contributed by atoms with Gasteiger partial charge in [0.2, 0.25) is 0 Å². The first-order valence-corrected chi connectivity index (χ1v) is 7.92. The fourth-order valence-corrected chi connectivity index (χ4v) is 2.39. The summed E-state index contributed by atoms with van der Waals surface area (Å²) in [6.45, 7) is 0. The molecule has 0 atom stereocenters. The topological polar surface area (TPSA) is 107 Å². The summed E-state index contributed by atoms with van der Waals surface area (Å²) in [5.41, 5.74) is 1.74. The second-order valence-corrected chi connectivity index (χ2v) is 5.45. The maximum atomic E-state index is 10.6. The Labute approximate surface area is 153 Å². The van der Waals surface area contributed by atoms with E-state index in [1.807, 2.05) is 24.3 Å². The fourth-order valence-electron chi connectivity index (χ4n) is 2.39. The van der Waals surface area contributed by atoms with Gasteiger partial charge in [0.15, 0.2) is 5.58 Å². The molecule has 0 fully saturated rings. The third-order valence-electron chi connectivity index (χ3n) is 3.56. The number of hydrogen-bond donors (Lipinski definition) is 2. The normalized spacial score (nSPS) is 10.5. The van der Waals surface area contributed by atoms with E-state index in [2.05, 4.69) is 20.0 Å². The molecule has 8 heteroatoms. The average molecular weight is 363 g/mol. The Morgan fingerprint density at radius 2 is 1.67 bits per heavy atom. The van der Waals surface area contributed by atoms with Crippen LogP contribution in [0.4, 0.5) is 16.5 Å². The van der Waals surface area contributed by atoms with Crippen LogP contribution in [-0.2, 0) is 0 Å². The minimum atomic E-state index is -1.39. The van der Waals surface area contributed by atoms with Crippen molar-refractivity contribution in [3.63, 3.8) is 0 Å². The van der Waals surface area contributed by atoms with E-state index in [-0.39, 0.29) is 11.8 Å². The molecule has 0 aliphatic carbocycles. The van der Waals surface area contributed by atoms with Crippen LogP contribution in [0, 0.1) is 0 Å². The van der Waals surface area contributed by atoms with Crippen LogP contribution in [0.3, 0.4) is 0 Å². The monoisotopic (exact) mass is 363 g/mol. The molecule has 0 bridgehead atoms. The summed E-state index contributed by atoms with van der Waals surface area (Å²) in [7, 11) is 0. The van der Waals surface area contributed by atoms with Crippen LogP contribution >= 0.6 is 0 Å². The molecule has 0 saturated carbocycles. The SMILES string of the molecule is O=C(O)Oc1ccc2nc(Nc3ccc(Oc4ccncc4)cc3)oc2c1. The van der Waals surface area contributed by atoms with Gasteiger partial charge in [0.1, 0.15) is 22.8 Å². The molecule has 0 amide bonds. The molecule has 2 aromatic heterocycles. The number of nitrogens with one attached hydrogen (secondary N) is 1. The van der Waals surface area contributed by atoms with Gasteiger partial charge >= 0.3 is 6.16 Å². The quantitative estimate of drug-likeness (QED) is 0.384. The molecular formula is C19H13N3O5. The molecule has 134 valence electrons. The van der Waals surface area contributed by atoms with Crippen molar-refractivity contribution in [2.75, 3.05) is 5.32 Å². The molecule has 4 aromatic rings. The van der Waals surface area contributed by atoms with Crippen LogP contribution in [-0.4, -0.2) is 21.2 Å². The molecule has 0 radical (unpaired) electrons. The number of pyridine rings is 1. The van der Waals surface area contributed by atoms with Gasteiger partial charge in [-0.1, -0.05) is 0 Å². The predicted molar refractivity (Wildman–Crippen MR) is 96.7 cm³/mol. The first-order chi connectivity index (χ1) is 13.2. The molecule has 0 aliphatic rings. The first-order valence-electron chi connectivity index (χ1n) is 7.92. The molecule has 4 rings (SSSR count). The third kappa shape index (κ3) is 3.96. The highest BCUT2D eigenvalue weighted by Crippen LogP contribution is 2.27. The summed E-state index contributed by atoms with van der Waals surface area (Å²) in [5.74, 6) is 1.54. The van der Waals surface area contributed by atoms with E-state index >= 15 is 0 Å². The van der Waals surface area contributed by atoms with Crippen molar-refractivity contribution >= 4 is 29.0 Å². The summed E-state index contributed by atoms with van der Waals surface area (Å²) in [4.78, 5) is 18.8. The lowest BCUT2D eigenvalue weighted by molar-refractivity contribution is 0.144. The third-order valence-corrected chi connectivity index (χ3v) is 3.56. The second-order valence-electron chi connectivity index (χ2n) is 5.45. The fraction of sp³-hybridized carbons (Fsp3) is 0. The summed E-state index contributed by atoms with van der Waals surface area (Å²) in [6.07, 6.45) is 1.93. The van der Waals surface area contributed by atoms with Crippen LogP contribution in [0.15, 0.2) is 71.4 Å². The Morgan fingerprint density at radius 3 is 2.41 bits per heavy atom. The first kappa shape index (κ1) is 16.4. The zero-order chi connectivity index (χ0) is 18.6. The lowest BCUT2D eigenvalue weighted by Gasteiger charge is -2.06. The van der Waals surface area contributed by atoms with Crippen molar-refractivity contribution in [1.82, 2.24) is 9.97 Å². The minimum absolute atomic E-state index is 0.162. The van der Waals surface area contributed by atoms with Gasteiger partial charge in [-0.25, -0.2) is 4.79 Å². The number of carbonyl (C=O) groups is 1. The summed E-state index contributed by atoms with van der Waals surface area (Å²) < 4.78 is 15.9. The lowest BCUT2D eigenvalue weighted by atomic mass is 10.3. The van der Waals surface area contributed by atoms with Crippen LogP contribution < -0.4 is 14.8 Å². The summed E-state index contributed by atoms with van der Waals surface area (Å²) in [6, 6.07) is 15.7. The maximum absolute atomic E-state index is 10.6. The molecule has 0 saturated heterocycles. The number of oxazole rings is 1. The summed E-state index contributed by atoms with van der Waals surface area (Å²) in [5, 5.41) is 11.7. The lowest BCUT2D eigenvalue weighted by Crippen LogP contribution is -2.02. The van der Waals surface area contributed by atoms with Crippen LogP contribution in [0.5, 0.6) is 17.2 Å². The number of aromatic nitrogens is 2. The van der Waals surface area contributed by atoms with E-state index in [9.17, 15) is 4.79 Å². The maximum Gasteiger partial charge on any atom is 0.511 e. The molecule has 8 nitrogen and oxygen atoms in total. The Kier molecular flexibility index (Phi) is 4.28. The molecule has 27 heavy (non-hydrogen) atoms. The minimum Gasteiger partial charge on any atom is -0.457 e. The largest absolute Gasteiger partial charge is 0.511 e. The van der Waals surface area contributed by atoms with E-state index in [0.717, 1.165) is 5.69 Å². The highest BCUT2D eigenvalue weighted by Gasteiger charge is 2.09. The van der Waals surface area contributed by atoms with E-state index in [1.54, 1.807) is 30.6 Å². The van der Waals surface area contributed by atoms with Crippen molar-refractivity contribution in [3.8, 4) is 17.2 Å². The number of anilines is 2. The Bertz CT molecular complexity index is 1080. The smallest absolute Gasteiger partial charge is 0.457 e. The zero-order valence-corrected chi connectivity index (χ0v) is 13.8. The number of ether oxygens (including phenoxy) is 2. The van der Waals surface area contributed by atoms with Gasteiger partial charge in [-0.3, -0.25) is 4.98 Å². The Hall–Kier alpha value is -4.07. The van der Waals surface area contributed by atoms with E-state index < -0.39 is 6.16 Å². The van der Waals surface area contributed by atoms with Gasteiger partial charge < -0.3 is 24.3 Å². The van der Waals surface area contributed by atoms with Crippen molar-refractivity contribution in [2.24, 2.45) is 0 Å². The van der Waals surface area contributed by atoms with Gasteiger partial charge in [0, 0.05) is 24.1 Å². The molecule has 2 N–H and O–H groups in total. The van der Waals surface area contributed by atoms with Gasteiger partial charge in [0.05, 0.1) is 0 Å². The number of rotatable bonds is 5. The number of hydrogen-bond acceptors (Lipinski definition) is 7. The van der Waals surface area contributed by atoms with Crippen LogP contribution in [0.2, 0.25) is 0 Å². The highest BCUT2D eigenvalue weighted by molar-refractivity contribution is 5.78. The number of benzene rings is 2. The molecule has 0 spiro atoms. The van der Waals surface area contributed by atoms with E-state index in [1.165, 1.54) is 12.1 Å². The molecule has 0 unspecified atom stereocenters. The number of fused-ring (bicyclic) bond motifs is 1. The van der Waals surface area contributed by atoms with Gasteiger partial charge in [-0.05, 0) is 48.5 Å². The van der Waals surface area contributed by atoms with Crippen LogP contribution in [0.25, 0.3) is 11.1 Å².